The van der Waals surface area contributed by atoms with Crippen LogP contribution in [0.1, 0.15) is 90.8 Å². The zero-order chi connectivity index (χ0) is 26.8. The van der Waals surface area contributed by atoms with E-state index in [-0.39, 0.29) is 29.8 Å². The minimum Gasteiger partial charge on any atom is -0.458 e. The number of fused-ring (bicyclic) bond motifs is 1. The Morgan fingerprint density at radius 3 is 2.58 bits per heavy atom. The molecule has 0 aliphatic carbocycles. The highest BCUT2D eigenvalue weighted by molar-refractivity contribution is 7.09. The van der Waals surface area contributed by atoms with Crippen molar-refractivity contribution in [3.8, 4) is 0 Å². The van der Waals surface area contributed by atoms with Gasteiger partial charge in [0.1, 0.15) is 11.9 Å². The third kappa shape index (κ3) is 6.63. The molecule has 2 N–H and O–H groups in total. The minimum atomic E-state index is -1.23. The molecule has 202 valence electrons. The van der Waals surface area contributed by atoms with Gasteiger partial charge in [0.25, 0.3) is 0 Å². The summed E-state index contributed by atoms with van der Waals surface area (Å²) in [6, 6.07) is 0. The molecule has 7 atom stereocenters. The van der Waals surface area contributed by atoms with E-state index in [1.165, 1.54) is 0 Å². The van der Waals surface area contributed by atoms with Crippen molar-refractivity contribution in [2.75, 3.05) is 0 Å². The number of carbonyl (C=O) groups is 2. The van der Waals surface area contributed by atoms with E-state index < -0.39 is 35.6 Å². The second-order valence-electron chi connectivity index (χ2n) is 11.5. The summed E-state index contributed by atoms with van der Waals surface area (Å²) >= 11 is 1.56. The Balaban J connectivity index is 1.87. The average molecular weight is 522 g/mol. The monoisotopic (exact) mass is 521 g/mol. The molecule has 2 aliphatic rings. The molecule has 0 aromatic carbocycles. The van der Waals surface area contributed by atoms with Crippen molar-refractivity contribution < 1.29 is 29.3 Å². The van der Waals surface area contributed by atoms with Crippen molar-refractivity contribution in [3.63, 3.8) is 0 Å². The Hall–Kier alpha value is -1.61. The van der Waals surface area contributed by atoms with Crippen LogP contribution >= 0.6 is 11.3 Å². The largest absolute Gasteiger partial charge is 0.458 e. The first-order valence-electron chi connectivity index (χ1n) is 13.2. The van der Waals surface area contributed by atoms with Gasteiger partial charge in [0.2, 0.25) is 0 Å². The van der Waals surface area contributed by atoms with E-state index in [2.05, 4.69) is 11.9 Å². The van der Waals surface area contributed by atoms with Gasteiger partial charge < -0.3 is 19.7 Å². The molecule has 1 aromatic rings. The first-order valence-corrected chi connectivity index (χ1v) is 14.0. The van der Waals surface area contributed by atoms with Gasteiger partial charge in [-0.05, 0) is 57.6 Å². The maximum Gasteiger partial charge on any atom is 0.309 e. The lowest BCUT2D eigenvalue weighted by Crippen LogP contribution is -2.46. The number of thiazole rings is 1. The van der Waals surface area contributed by atoms with Gasteiger partial charge in [-0.2, -0.15) is 0 Å². The van der Waals surface area contributed by atoms with Crippen molar-refractivity contribution >= 4 is 29.2 Å². The van der Waals surface area contributed by atoms with Crippen LogP contribution in [0.15, 0.2) is 11.0 Å². The standard InChI is InChI=1S/C28H43NO6S/c1-8-20-25(32)16(2)10-9-11-28(7)23(35-28)13-21(17(3)12-19-15-36-18(4)29-19)34-24(31)14-22(30)27(5,6)26(20)33/h12,15-16,20-23,25,30,32H,8-11,13-14H2,1-7H3/t16-,20+,21-,22-,23-,25-,28+/m0/s1. The molecule has 0 spiro atoms. The summed E-state index contributed by atoms with van der Waals surface area (Å²) in [5.74, 6) is -1.45. The summed E-state index contributed by atoms with van der Waals surface area (Å²) in [5.41, 5.74) is 0.183. The Labute approximate surface area is 219 Å². The number of ether oxygens (including phenoxy) is 2. The maximum atomic E-state index is 13.4. The van der Waals surface area contributed by atoms with Gasteiger partial charge in [-0.3, -0.25) is 9.59 Å². The third-order valence-corrected chi connectivity index (χ3v) is 8.98. The Bertz CT molecular complexity index is 971. The number of ketones is 1. The predicted octanol–water partition coefficient (Wildman–Crippen LogP) is 4.87. The van der Waals surface area contributed by atoms with Gasteiger partial charge in [0, 0.05) is 17.7 Å². The van der Waals surface area contributed by atoms with Crippen LogP contribution in [0.4, 0.5) is 0 Å². The van der Waals surface area contributed by atoms with E-state index >= 15 is 0 Å². The molecule has 3 rings (SSSR count). The zero-order valence-corrected chi connectivity index (χ0v) is 23.6. The number of aliphatic hydroxyl groups excluding tert-OH is 2. The highest BCUT2D eigenvalue weighted by Crippen LogP contribution is 2.45. The number of rotatable bonds is 3. The quantitative estimate of drug-likeness (QED) is 0.431. The van der Waals surface area contributed by atoms with Crippen LogP contribution in [-0.2, 0) is 19.1 Å². The van der Waals surface area contributed by atoms with Crippen LogP contribution in [0.5, 0.6) is 0 Å². The fraction of sp³-hybridized carbons (Fsp3) is 0.750. The van der Waals surface area contributed by atoms with Crippen molar-refractivity contribution in [2.24, 2.45) is 17.3 Å². The number of hydrogen-bond acceptors (Lipinski definition) is 8. The van der Waals surface area contributed by atoms with Crippen molar-refractivity contribution in [2.45, 2.75) is 117 Å². The summed E-state index contributed by atoms with van der Waals surface area (Å²) < 4.78 is 12.0. The lowest BCUT2D eigenvalue weighted by atomic mass is 9.71. The molecule has 7 nitrogen and oxygen atoms in total. The number of nitrogens with zero attached hydrogens (tertiary/aromatic N) is 1. The van der Waals surface area contributed by atoms with Crippen LogP contribution in [0.25, 0.3) is 6.08 Å². The topological polar surface area (TPSA) is 109 Å². The number of aryl methyl sites for hydroxylation is 1. The maximum absolute atomic E-state index is 13.4. The van der Waals surface area contributed by atoms with Crippen LogP contribution in [0.3, 0.4) is 0 Å². The highest BCUT2D eigenvalue weighted by Gasteiger charge is 2.53. The second kappa shape index (κ2) is 11.4. The third-order valence-electron chi connectivity index (χ3n) is 8.19. The molecule has 0 saturated carbocycles. The molecule has 0 amide bonds. The smallest absolute Gasteiger partial charge is 0.309 e. The van der Waals surface area contributed by atoms with E-state index in [4.69, 9.17) is 9.47 Å². The van der Waals surface area contributed by atoms with E-state index in [0.717, 1.165) is 35.5 Å². The zero-order valence-electron chi connectivity index (χ0n) is 22.7. The molecule has 3 heterocycles. The Morgan fingerprint density at radius 1 is 1.28 bits per heavy atom. The van der Waals surface area contributed by atoms with Gasteiger partial charge in [0.15, 0.2) is 0 Å². The summed E-state index contributed by atoms with van der Waals surface area (Å²) in [6.45, 7) is 13.1. The van der Waals surface area contributed by atoms with Crippen molar-refractivity contribution in [1.29, 1.82) is 0 Å². The van der Waals surface area contributed by atoms with Crippen molar-refractivity contribution in [3.05, 3.63) is 21.7 Å². The molecule has 0 unspecified atom stereocenters. The molecule has 36 heavy (non-hydrogen) atoms. The summed E-state index contributed by atoms with van der Waals surface area (Å²) in [4.78, 5) is 30.9. The summed E-state index contributed by atoms with van der Waals surface area (Å²) in [5, 5.41) is 24.9. The molecule has 1 aromatic heterocycles. The number of aromatic nitrogens is 1. The number of hydrogen-bond donors (Lipinski definition) is 2. The number of epoxide rings is 1. The molecule has 2 saturated heterocycles. The number of aliphatic hydroxyl groups is 2. The lowest BCUT2D eigenvalue weighted by molar-refractivity contribution is -0.154. The van der Waals surface area contributed by atoms with Crippen LogP contribution in [-0.4, -0.2) is 57.0 Å². The van der Waals surface area contributed by atoms with Gasteiger partial charge >= 0.3 is 5.97 Å². The average Bonchev–Trinajstić information content (AvgIpc) is 3.24. The molecule has 0 radical (unpaired) electrons. The predicted molar refractivity (Wildman–Crippen MR) is 140 cm³/mol. The van der Waals surface area contributed by atoms with Crippen LogP contribution < -0.4 is 0 Å². The number of carbonyl (C=O) groups excluding carboxylic acids is 2. The van der Waals surface area contributed by atoms with E-state index in [9.17, 15) is 19.8 Å². The fourth-order valence-corrected chi connectivity index (χ4v) is 5.86. The SMILES string of the molecule is CC[C@H]1C(=O)C(C)(C)[C@@H](O)CC(=O)O[C@H](C(C)=Cc2csc(C)n2)C[C@@H]2O[C@]2(C)CCC[C@H](C)[C@@H]1O. The van der Waals surface area contributed by atoms with Crippen LogP contribution in [0.2, 0.25) is 0 Å². The Kier molecular flexibility index (Phi) is 9.18. The van der Waals surface area contributed by atoms with E-state index in [0.29, 0.717) is 12.8 Å². The van der Waals surface area contributed by atoms with Crippen molar-refractivity contribution in [1.82, 2.24) is 4.98 Å². The minimum absolute atomic E-state index is 0.0460. The number of esters is 1. The van der Waals surface area contributed by atoms with Gasteiger partial charge in [-0.15, -0.1) is 11.3 Å². The van der Waals surface area contributed by atoms with E-state index in [1.54, 1.807) is 25.2 Å². The fourth-order valence-electron chi connectivity index (χ4n) is 5.29. The van der Waals surface area contributed by atoms with Gasteiger partial charge in [-0.25, -0.2) is 4.98 Å². The second-order valence-corrected chi connectivity index (χ2v) is 12.6. The molecule has 2 fully saturated rings. The van der Waals surface area contributed by atoms with Crippen LogP contribution in [0, 0.1) is 24.2 Å². The Morgan fingerprint density at radius 2 is 1.97 bits per heavy atom. The first-order chi connectivity index (χ1) is 16.8. The summed E-state index contributed by atoms with van der Waals surface area (Å²) in [6.07, 6.45) is 2.49. The molecular weight excluding hydrogens is 478 g/mol. The molecule has 0 bridgehead atoms. The molecule has 2 aliphatic heterocycles. The molecule has 8 heteroatoms. The van der Waals surface area contributed by atoms with Gasteiger partial charge in [-0.1, -0.05) is 34.1 Å². The first kappa shape index (κ1) is 29.0. The number of Topliss-reactive ketones (excluding diaryl/α,β-unsaturated/α-hetero) is 1. The molecular formula is C28H43NO6S. The van der Waals surface area contributed by atoms with E-state index in [1.807, 2.05) is 39.2 Å². The normalized spacial score (nSPS) is 36.8. The summed E-state index contributed by atoms with van der Waals surface area (Å²) in [7, 11) is 0. The highest BCUT2D eigenvalue weighted by atomic mass is 32.1. The van der Waals surface area contributed by atoms with Gasteiger partial charge in [0.05, 0.1) is 46.5 Å². The lowest BCUT2D eigenvalue weighted by Gasteiger charge is -2.35. The number of cyclic esters (lactones) is 1.